The molecule has 4 heteroatoms. The van der Waals surface area contributed by atoms with E-state index in [0.29, 0.717) is 6.54 Å². The fraction of sp³-hybridized carbons (Fsp3) is 0.500. The van der Waals surface area contributed by atoms with Gasteiger partial charge in [0, 0.05) is 28.7 Å². The zero-order chi connectivity index (χ0) is 11.6. The van der Waals surface area contributed by atoms with Gasteiger partial charge in [0.05, 0.1) is 13.2 Å². The molecule has 1 saturated heterocycles. The van der Waals surface area contributed by atoms with Crippen LogP contribution in [0.2, 0.25) is 0 Å². The number of nitrogens with one attached hydrogen (secondary N) is 1. The van der Waals surface area contributed by atoms with Crippen molar-refractivity contribution >= 4 is 21.6 Å². The lowest BCUT2D eigenvalue weighted by atomic mass is 9.86. The molecule has 1 aliphatic heterocycles. The number of hydrogen-bond acceptors (Lipinski definition) is 3. The summed E-state index contributed by atoms with van der Waals surface area (Å²) in [7, 11) is 0. The molecule has 88 valence electrons. The van der Waals surface area contributed by atoms with E-state index in [4.69, 9.17) is 10.5 Å². The predicted octanol–water partition coefficient (Wildman–Crippen LogP) is 2.14. The van der Waals surface area contributed by atoms with Crippen molar-refractivity contribution in [1.82, 2.24) is 0 Å². The molecule has 1 aromatic carbocycles. The molecule has 0 amide bonds. The van der Waals surface area contributed by atoms with Gasteiger partial charge in [-0.1, -0.05) is 22.0 Å². The van der Waals surface area contributed by atoms with Gasteiger partial charge in [-0.2, -0.15) is 0 Å². The molecular weight excluding hydrogens is 268 g/mol. The number of rotatable bonds is 4. The third-order valence-electron chi connectivity index (χ3n) is 3.10. The number of nitrogens with two attached hydrogens (primary N) is 1. The highest BCUT2D eigenvalue weighted by molar-refractivity contribution is 9.10. The monoisotopic (exact) mass is 284 g/mol. The molecule has 1 fully saturated rings. The van der Waals surface area contributed by atoms with E-state index in [-0.39, 0.29) is 5.41 Å². The Morgan fingerprint density at radius 3 is 2.81 bits per heavy atom. The van der Waals surface area contributed by atoms with Gasteiger partial charge in [-0.3, -0.25) is 0 Å². The minimum atomic E-state index is 0.134. The Morgan fingerprint density at radius 2 is 2.25 bits per heavy atom. The Balaban J connectivity index is 2.01. The first-order valence-electron chi connectivity index (χ1n) is 5.43. The molecule has 1 aromatic rings. The molecule has 0 atom stereocenters. The lowest BCUT2D eigenvalue weighted by Gasteiger charge is -2.40. The molecule has 0 bridgehead atoms. The second-order valence-corrected chi connectivity index (χ2v) is 5.43. The molecule has 0 saturated carbocycles. The van der Waals surface area contributed by atoms with E-state index in [1.165, 1.54) is 5.56 Å². The second-order valence-electron chi connectivity index (χ2n) is 4.51. The van der Waals surface area contributed by atoms with E-state index in [0.717, 1.165) is 29.9 Å². The molecule has 3 N–H and O–H groups in total. The van der Waals surface area contributed by atoms with E-state index < -0.39 is 0 Å². The summed E-state index contributed by atoms with van der Waals surface area (Å²) in [5, 5.41) is 3.46. The van der Waals surface area contributed by atoms with Crippen LogP contribution in [0.4, 0.5) is 5.69 Å². The van der Waals surface area contributed by atoms with Crippen molar-refractivity contribution in [3.05, 3.63) is 28.2 Å². The maximum absolute atomic E-state index is 5.77. The molecule has 0 aliphatic carbocycles. The zero-order valence-electron chi connectivity index (χ0n) is 9.42. The highest BCUT2D eigenvalue weighted by atomic mass is 79.9. The van der Waals surface area contributed by atoms with Gasteiger partial charge in [0.2, 0.25) is 0 Å². The number of benzene rings is 1. The van der Waals surface area contributed by atoms with Crippen LogP contribution in [-0.4, -0.2) is 26.3 Å². The SMILES string of the molecule is Cc1ccc(Br)cc1NCC1(CN)COC1. The molecule has 2 rings (SSSR count). The first kappa shape index (κ1) is 11.9. The van der Waals surface area contributed by atoms with Gasteiger partial charge in [-0.15, -0.1) is 0 Å². The van der Waals surface area contributed by atoms with Gasteiger partial charge in [-0.25, -0.2) is 0 Å². The van der Waals surface area contributed by atoms with Gasteiger partial charge in [-0.05, 0) is 24.6 Å². The lowest BCUT2D eigenvalue weighted by Crippen LogP contribution is -2.52. The van der Waals surface area contributed by atoms with E-state index in [9.17, 15) is 0 Å². The summed E-state index contributed by atoms with van der Waals surface area (Å²) < 4.78 is 6.33. The summed E-state index contributed by atoms with van der Waals surface area (Å²) in [4.78, 5) is 0. The van der Waals surface area contributed by atoms with E-state index in [1.54, 1.807) is 0 Å². The van der Waals surface area contributed by atoms with Crippen LogP contribution in [0.5, 0.6) is 0 Å². The highest BCUT2D eigenvalue weighted by Gasteiger charge is 2.37. The largest absolute Gasteiger partial charge is 0.384 e. The molecule has 0 radical (unpaired) electrons. The molecule has 16 heavy (non-hydrogen) atoms. The number of hydrogen-bond donors (Lipinski definition) is 2. The van der Waals surface area contributed by atoms with Crippen LogP contribution < -0.4 is 11.1 Å². The molecule has 0 aromatic heterocycles. The van der Waals surface area contributed by atoms with Crippen LogP contribution in [0, 0.1) is 12.3 Å². The van der Waals surface area contributed by atoms with Crippen LogP contribution in [0.15, 0.2) is 22.7 Å². The number of ether oxygens (including phenoxy) is 1. The summed E-state index contributed by atoms with van der Waals surface area (Å²) in [6.45, 7) is 5.18. The first-order valence-corrected chi connectivity index (χ1v) is 6.22. The number of aryl methyl sites for hydroxylation is 1. The lowest BCUT2D eigenvalue weighted by molar-refractivity contribution is -0.0979. The molecule has 1 aliphatic rings. The summed E-state index contributed by atoms with van der Waals surface area (Å²) >= 11 is 3.48. The van der Waals surface area contributed by atoms with Gasteiger partial charge < -0.3 is 15.8 Å². The van der Waals surface area contributed by atoms with Crippen LogP contribution >= 0.6 is 15.9 Å². The van der Waals surface area contributed by atoms with Crippen LogP contribution in [0.3, 0.4) is 0 Å². The zero-order valence-corrected chi connectivity index (χ0v) is 11.0. The van der Waals surface area contributed by atoms with Crippen LogP contribution in [-0.2, 0) is 4.74 Å². The summed E-state index contributed by atoms with van der Waals surface area (Å²) in [5.41, 5.74) is 8.31. The maximum atomic E-state index is 5.77. The molecule has 3 nitrogen and oxygen atoms in total. The summed E-state index contributed by atoms with van der Waals surface area (Å²) in [6, 6.07) is 6.24. The Bertz CT molecular complexity index is 372. The Hall–Kier alpha value is -0.580. The van der Waals surface area contributed by atoms with Crippen molar-refractivity contribution in [3.8, 4) is 0 Å². The second kappa shape index (κ2) is 4.73. The van der Waals surface area contributed by atoms with Crippen molar-refractivity contribution in [2.75, 3.05) is 31.6 Å². The Morgan fingerprint density at radius 1 is 1.50 bits per heavy atom. The molecular formula is C12H17BrN2O. The van der Waals surface area contributed by atoms with Crippen molar-refractivity contribution in [2.24, 2.45) is 11.1 Å². The van der Waals surface area contributed by atoms with Crippen molar-refractivity contribution in [2.45, 2.75) is 6.92 Å². The highest BCUT2D eigenvalue weighted by Crippen LogP contribution is 2.28. The first-order chi connectivity index (χ1) is 7.65. The van der Waals surface area contributed by atoms with Crippen LogP contribution in [0.25, 0.3) is 0 Å². The maximum Gasteiger partial charge on any atom is 0.0574 e. The van der Waals surface area contributed by atoms with Gasteiger partial charge in [0.15, 0.2) is 0 Å². The average molecular weight is 285 g/mol. The quantitative estimate of drug-likeness (QED) is 0.891. The van der Waals surface area contributed by atoms with Crippen molar-refractivity contribution in [3.63, 3.8) is 0 Å². The molecule has 0 unspecified atom stereocenters. The fourth-order valence-corrected chi connectivity index (χ4v) is 2.11. The van der Waals surface area contributed by atoms with E-state index in [2.05, 4.69) is 40.3 Å². The normalized spacial score (nSPS) is 17.9. The standard InChI is InChI=1S/C12H17BrN2O/c1-9-2-3-10(13)4-11(9)15-6-12(5-14)7-16-8-12/h2-4,15H,5-8,14H2,1H3. The third-order valence-corrected chi connectivity index (χ3v) is 3.60. The molecule has 1 heterocycles. The predicted molar refractivity (Wildman–Crippen MR) is 69.7 cm³/mol. The number of anilines is 1. The smallest absolute Gasteiger partial charge is 0.0574 e. The van der Waals surface area contributed by atoms with Crippen molar-refractivity contribution in [1.29, 1.82) is 0 Å². The van der Waals surface area contributed by atoms with Gasteiger partial charge in [0.25, 0.3) is 0 Å². The third kappa shape index (κ3) is 2.39. The molecule has 0 spiro atoms. The average Bonchev–Trinajstić information content (AvgIpc) is 2.22. The minimum absolute atomic E-state index is 0.134. The van der Waals surface area contributed by atoms with Crippen molar-refractivity contribution < 1.29 is 4.74 Å². The topological polar surface area (TPSA) is 47.3 Å². The van der Waals surface area contributed by atoms with E-state index in [1.807, 2.05) is 6.07 Å². The number of halogens is 1. The minimum Gasteiger partial charge on any atom is -0.384 e. The Labute approximate surface area is 104 Å². The Kier molecular flexibility index (Phi) is 3.52. The summed E-state index contributed by atoms with van der Waals surface area (Å²) in [5.74, 6) is 0. The van der Waals surface area contributed by atoms with E-state index >= 15 is 0 Å². The van der Waals surface area contributed by atoms with Crippen LogP contribution in [0.1, 0.15) is 5.56 Å². The fourth-order valence-electron chi connectivity index (χ4n) is 1.75. The van der Waals surface area contributed by atoms with Gasteiger partial charge >= 0.3 is 0 Å². The summed E-state index contributed by atoms with van der Waals surface area (Å²) in [6.07, 6.45) is 0. The van der Waals surface area contributed by atoms with Gasteiger partial charge in [0.1, 0.15) is 0 Å².